The molecule has 0 spiro atoms. The van der Waals surface area contributed by atoms with E-state index < -0.39 is 0 Å². The lowest BCUT2D eigenvalue weighted by molar-refractivity contribution is 0.0947. The summed E-state index contributed by atoms with van der Waals surface area (Å²) in [6.45, 7) is 2.45. The van der Waals surface area contributed by atoms with Gasteiger partial charge in [-0.25, -0.2) is 0 Å². The van der Waals surface area contributed by atoms with Crippen LogP contribution in [0.3, 0.4) is 0 Å². The van der Waals surface area contributed by atoms with E-state index in [0.29, 0.717) is 5.92 Å². The zero-order chi connectivity index (χ0) is 12.8. The van der Waals surface area contributed by atoms with Crippen LogP contribution in [0, 0.1) is 5.92 Å². The minimum Gasteiger partial charge on any atom is -0.381 e. The minimum absolute atomic E-state index is 0.0267. The molecule has 0 saturated carbocycles. The van der Waals surface area contributed by atoms with E-state index in [1.807, 2.05) is 30.5 Å². The van der Waals surface area contributed by atoms with Gasteiger partial charge in [-0.15, -0.1) is 11.8 Å². The summed E-state index contributed by atoms with van der Waals surface area (Å²) >= 11 is 1.60. The summed E-state index contributed by atoms with van der Waals surface area (Å²) < 4.78 is 5.32. The monoisotopic (exact) mass is 265 g/mol. The van der Waals surface area contributed by atoms with E-state index in [1.165, 1.54) is 0 Å². The van der Waals surface area contributed by atoms with Gasteiger partial charge in [-0.3, -0.25) is 4.79 Å². The molecule has 1 heterocycles. The highest BCUT2D eigenvalue weighted by molar-refractivity contribution is 7.98. The first-order valence-electron chi connectivity index (χ1n) is 6.30. The predicted molar refractivity (Wildman–Crippen MR) is 74.1 cm³/mol. The summed E-state index contributed by atoms with van der Waals surface area (Å²) in [6.07, 6.45) is 4.12. The molecule has 98 valence electrons. The summed E-state index contributed by atoms with van der Waals surface area (Å²) in [7, 11) is 0. The molecule has 4 heteroatoms. The van der Waals surface area contributed by atoms with Gasteiger partial charge in [0.05, 0.1) is 5.56 Å². The van der Waals surface area contributed by atoms with Gasteiger partial charge in [0.25, 0.3) is 5.91 Å². The van der Waals surface area contributed by atoms with E-state index in [0.717, 1.165) is 43.1 Å². The number of nitrogens with one attached hydrogen (secondary N) is 1. The number of hydrogen-bond acceptors (Lipinski definition) is 3. The Morgan fingerprint density at radius 2 is 2.33 bits per heavy atom. The van der Waals surface area contributed by atoms with Crippen LogP contribution >= 0.6 is 11.8 Å². The molecule has 1 saturated heterocycles. The zero-order valence-electron chi connectivity index (χ0n) is 10.6. The fourth-order valence-electron chi connectivity index (χ4n) is 2.13. The first-order chi connectivity index (χ1) is 8.81. The Kier molecular flexibility index (Phi) is 5.08. The van der Waals surface area contributed by atoms with Crippen LogP contribution in [-0.4, -0.2) is 31.9 Å². The van der Waals surface area contributed by atoms with Gasteiger partial charge >= 0.3 is 0 Å². The fourth-order valence-corrected chi connectivity index (χ4v) is 2.72. The first kappa shape index (κ1) is 13.4. The summed E-state index contributed by atoms with van der Waals surface area (Å²) in [5.74, 6) is 0.639. The summed E-state index contributed by atoms with van der Waals surface area (Å²) in [6, 6.07) is 7.71. The summed E-state index contributed by atoms with van der Waals surface area (Å²) in [5, 5.41) is 2.99. The van der Waals surface area contributed by atoms with Gasteiger partial charge in [0.2, 0.25) is 0 Å². The number of benzene rings is 1. The molecule has 0 aromatic heterocycles. The number of amides is 1. The Balaban J connectivity index is 1.83. The van der Waals surface area contributed by atoms with Crippen molar-refractivity contribution in [2.75, 3.05) is 26.0 Å². The van der Waals surface area contributed by atoms with E-state index in [1.54, 1.807) is 11.8 Å². The van der Waals surface area contributed by atoms with Gasteiger partial charge in [0.15, 0.2) is 0 Å². The van der Waals surface area contributed by atoms with Gasteiger partial charge in [0.1, 0.15) is 0 Å². The normalized spacial score (nSPS) is 18.8. The molecular weight excluding hydrogens is 246 g/mol. The topological polar surface area (TPSA) is 38.3 Å². The number of hydrogen-bond donors (Lipinski definition) is 1. The third kappa shape index (κ3) is 3.50. The second-order valence-corrected chi connectivity index (χ2v) is 5.32. The molecule has 1 aliphatic heterocycles. The summed E-state index contributed by atoms with van der Waals surface area (Å²) in [4.78, 5) is 13.1. The van der Waals surface area contributed by atoms with Crippen molar-refractivity contribution in [2.45, 2.75) is 17.7 Å². The maximum atomic E-state index is 12.0. The van der Waals surface area contributed by atoms with Crippen LogP contribution in [0.4, 0.5) is 0 Å². The molecule has 1 aromatic carbocycles. The number of thioether (sulfide) groups is 1. The average Bonchev–Trinajstić information content (AvgIpc) is 2.91. The molecular formula is C14H19NO2S. The standard InChI is InChI=1S/C14H19NO2S/c1-18-13-5-3-2-4-12(13)14(16)15-8-6-11-7-9-17-10-11/h2-5,11H,6-10H2,1H3,(H,15,16)/t11-/m1/s1. The second-order valence-electron chi connectivity index (χ2n) is 4.47. The maximum absolute atomic E-state index is 12.0. The SMILES string of the molecule is CSc1ccccc1C(=O)NCC[C@@H]1CCOC1. The molecule has 1 aromatic rings. The van der Waals surface area contributed by atoms with Crippen LogP contribution in [0.2, 0.25) is 0 Å². The maximum Gasteiger partial charge on any atom is 0.252 e. The highest BCUT2D eigenvalue weighted by Gasteiger charge is 2.16. The largest absolute Gasteiger partial charge is 0.381 e. The lowest BCUT2D eigenvalue weighted by Gasteiger charge is -2.10. The van der Waals surface area contributed by atoms with Crippen molar-refractivity contribution in [3.05, 3.63) is 29.8 Å². The van der Waals surface area contributed by atoms with E-state index in [-0.39, 0.29) is 5.91 Å². The van der Waals surface area contributed by atoms with Gasteiger partial charge in [-0.1, -0.05) is 12.1 Å². The molecule has 0 bridgehead atoms. The molecule has 0 unspecified atom stereocenters. The van der Waals surface area contributed by atoms with Crippen LogP contribution in [0.15, 0.2) is 29.2 Å². The molecule has 18 heavy (non-hydrogen) atoms. The third-order valence-corrected chi connectivity index (χ3v) is 4.01. The van der Waals surface area contributed by atoms with Crippen LogP contribution in [0.1, 0.15) is 23.2 Å². The molecule has 1 fully saturated rings. The smallest absolute Gasteiger partial charge is 0.252 e. The van der Waals surface area contributed by atoms with Crippen molar-refractivity contribution in [2.24, 2.45) is 5.92 Å². The number of carbonyl (C=O) groups excluding carboxylic acids is 1. The average molecular weight is 265 g/mol. The van der Waals surface area contributed by atoms with Crippen LogP contribution in [0.25, 0.3) is 0 Å². The molecule has 1 aliphatic rings. The molecule has 3 nitrogen and oxygen atoms in total. The Labute approximate surface area is 112 Å². The number of rotatable bonds is 5. The Bertz CT molecular complexity index is 403. The lowest BCUT2D eigenvalue weighted by atomic mass is 10.1. The lowest BCUT2D eigenvalue weighted by Crippen LogP contribution is -2.26. The van der Waals surface area contributed by atoms with Gasteiger partial charge in [-0.05, 0) is 37.1 Å². The van der Waals surface area contributed by atoms with Gasteiger partial charge in [0, 0.05) is 24.7 Å². The van der Waals surface area contributed by atoms with Crippen molar-refractivity contribution in [3.63, 3.8) is 0 Å². The van der Waals surface area contributed by atoms with Crippen LogP contribution < -0.4 is 5.32 Å². The highest BCUT2D eigenvalue weighted by Crippen LogP contribution is 2.20. The van der Waals surface area contributed by atoms with Gasteiger partial charge < -0.3 is 10.1 Å². The molecule has 1 N–H and O–H groups in total. The number of ether oxygens (including phenoxy) is 1. The van der Waals surface area contributed by atoms with E-state index >= 15 is 0 Å². The molecule has 0 aliphatic carbocycles. The Morgan fingerprint density at radius 1 is 1.50 bits per heavy atom. The summed E-state index contributed by atoms with van der Waals surface area (Å²) in [5.41, 5.74) is 0.771. The van der Waals surface area contributed by atoms with Gasteiger partial charge in [-0.2, -0.15) is 0 Å². The predicted octanol–water partition coefficient (Wildman–Crippen LogP) is 2.56. The van der Waals surface area contributed by atoms with E-state index in [9.17, 15) is 4.79 Å². The van der Waals surface area contributed by atoms with Crippen molar-refractivity contribution in [1.82, 2.24) is 5.32 Å². The zero-order valence-corrected chi connectivity index (χ0v) is 11.5. The highest BCUT2D eigenvalue weighted by atomic mass is 32.2. The quantitative estimate of drug-likeness (QED) is 0.832. The van der Waals surface area contributed by atoms with Crippen molar-refractivity contribution < 1.29 is 9.53 Å². The molecule has 0 radical (unpaired) electrons. The second kappa shape index (κ2) is 6.81. The van der Waals surface area contributed by atoms with Crippen LogP contribution in [0.5, 0.6) is 0 Å². The molecule has 2 rings (SSSR count). The van der Waals surface area contributed by atoms with E-state index in [2.05, 4.69) is 5.32 Å². The van der Waals surface area contributed by atoms with Crippen LogP contribution in [-0.2, 0) is 4.74 Å². The van der Waals surface area contributed by atoms with Crippen molar-refractivity contribution >= 4 is 17.7 Å². The molecule has 1 atom stereocenters. The fraction of sp³-hybridized carbons (Fsp3) is 0.500. The first-order valence-corrected chi connectivity index (χ1v) is 7.52. The Morgan fingerprint density at radius 3 is 3.06 bits per heavy atom. The molecule has 1 amide bonds. The number of carbonyl (C=O) groups is 1. The van der Waals surface area contributed by atoms with Crippen molar-refractivity contribution in [3.8, 4) is 0 Å². The Hall–Kier alpha value is -1.00. The third-order valence-electron chi connectivity index (χ3n) is 3.21. The van der Waals surface area contributed by atoms with E-state index in [4.69, 9.17) is 4.74 Å². The minimum atomic E-state index is 0.0267. The van der Waals surface area contributed by atoms with Crippen molar-refractivity contribution in [1.29, 1.82) is 0 Å².